The average Bonchev–Trinajstić information content (AvgIpc) is 2.72. The smallest absolute Gasteiger partial charge is 0.292 e. The molecule has 0 unspecified atom stereocenters. The van der Waals surface area contributed by atoms with Gasteiger partial charge in [0.15, 0.2) is 0 Å². The van der Waals surface area contributed by atoms with Gasteiger partial charge in [0.25, 0.3) is 5.69 Å². The van der Waals surface area contributed by atoms with Crippen molar-refractivity contribution in [3.63, 3.8) is 0 Å². The molecule has 7 heteroatoms. The first-order chi connectivity index (χ1) is 13.5. The van der Waals surface area contributed by atoms with Crippen LogP contribution in [0.1, 0.15) is 25.3 Å². The van der Waals surface area contributed by atoms with Crippen LogP contribution < -0.4 is 15.3 Å². The van der Waals surface area contributed by atoms with Crippen LogP contribution in [0.5, 0.6) is 0 Å². The number of nitrogens with zero attached hydrogens (tertiary/aromatic N) is 3. The van der Waals surface area contributed by atoms with Gasteiger partial charge in [0, 0.05) is 31.6 Å². The summed E-state index contributed by atoms with van der Waals surface area (Å²) in [5.74, 6) is -0.0943. The number of nitro benzene ring substituents is 1. The van der Waals surface area contributed by atoms with Gasteiger partial charge in [-0.15, -0.1) is 0 Å². The van der Waals surface area contributed by atoms with E-state index in [0.29, 0.717) is 38.2 Å². The van der Waals surface area contributed by atoms with Gasteiger partial charge in [0.1, 0.15) is 5.69 Å². The van der Waals surface area contributed by atoms with Crippen molar-refractivity contribution >= 4 is 23.0 Å². The summed E-state index contributed by atoms with van der Waals surface area (Å²) in [6.07, 6.45) is 1.34. The molecule has 0 saturated carbocycles. The molecule has 2 aromatic carbocycles. The van der Waals surface area contributed by atoms with E-state index in [1.165, 1.54) is 11.6 Å². The molecule has 0 atom stereocenters. The van der Waals surface area contributed by atoms with Crippen molar-refractivity contribution in [1.29, 1.82) is 0 Å². The van der Waals surface area contributed by atoms with Crippen LogP contribution in [0.25, 0.3) is 0 Å². The van der Waals surface area contributed by atoms with Gasteiger partial charge >= 0.3 is 0 Å². The lowest BCUT2D eigenvalue weighted by Gasteiger charge is -2.34. The van der Waals surface area contributed by atoms with E-state index >= 15 is 0 Å². The van der Waals surface area contributed by atoms with Crippen LogP contribution in [0.4, 0.5) is 17.1 Å². The second kappa shape index (κ2) is 8.73. The zero-order valence-corrected chi connectivity index (χ0v) is 16.3. The van der Waals surface area contributed by atoms with Crippen LogP contribution in [0, 0.1) is 23.0 Å². The molecule has 0 spiro atoms. The summed E-state index contributed by atoms with van der Waals surface area (Å²) < 4.78 is 0. The summed E-state index contributed by atoms with van der Waals surface area (Å²) in [7, 11) is 0. The highest BCUT2D eigenvalue weighted by atomic mass is 16.6. The Balaban J connectivity index is 1.61. The molecular formula is C21H26N4O3. The zero-order valence-electron chi connectivity index (χ0n) is 16.3. The fraction of sp³-hybridized carbons (Fsp3) is 0.381. The highest BCUT2D eigenvalue weighted by Gasteiger charge is 2.28. The molecule has 1 amide bonds. The van der Waals surface area contributed by atoms with Crippen LogP contribution in [-0.2, 0) is 4.79 Å². The minimum absolute atomic E-state index is 0.00429. The minimum atomic E-state index is -0.352. The Kier molecular flexibility index (Phi) is 6.13. The maximum absolute atomic E-state index is 12.7. The third kappa shape index (κ3) is 4.42. The Bertz CT molecular complexity index is 830. The molecule has 0 bridgehead atoms. The van der Waals surface area contributed by atoms with Crippen LogP contribution in [0.2, 0.25) is 0 Å². The number of hydrogen-bond donors (Lipinski definition) is 1. The largest absolute Gasteiger partial charge is 0.366 e. The number of para-hydroxylation sites is 2. The first kappa shape index (κ1) is 19.7. The van der Waals surface area contributed by atoms with Crippen LogP contribution in [0.15, 0.2) is 48.5 Å². The van der Waals surface area contributed by atoms with E-state index in [4.69, 9.17) is 0 Å². The molecular weight excluding hydrogens is 356 g/mol. The van der Waals surface area contributed by atoms with E-state index < -0.39 is 0 Å². The van der Waals surface area contributed by atoms with E-state index in [1.807, 2.05) is 54.1 Å². The van der Waals surface area contributed by atoms with Gasteiger partial charge in [0.2, 0.25) is 5.91 Å². The second-order valence-corrected chi connectivity index (χ2v) is 7.06. The summed E-state index contributed by atoms with van der Waals surface area (Å²) in [5.41, 5.74) is 5.89. The number of carbonyl (C=O) groups excluding carboxylic acids is 1. The standard InChI is InChI=1S/C21H26N4O3/c1-3-24(18-10-8-16(2)9-11-18)22-21(26)17-12-14-23(15-13-17)19-6-4-5-7-20(19)25(27)28/h4-11,17H,3,12-15H2,1-2H3,(H,22,26). The van der Waals surface area contributed by atoms with Crippen molar-refractivity contribution in [1.82, 2.24) is 5.43 Å². The van der Waals surface area contributed by atoms with Gasteiger partial charge < -0.3 is 4.90 Å². The maximum Gasteiger partial charge on any atom is 0.292 e. The predicted molar refractivity (Wildman–Crippen MR) is 110 cm³/mol. The van der Waals surface area contributed by atoms with Gasteiger partial charge in [0.05, 0.1) is 10.6 Å². The molecule has 28 heavy (non-hydrogen) atoms. The number of benzene rings is 2. The van der Waals surface area contributed by atoms with Gasteiger partial charge in [-0.3, -0.25) is 25.3 Å². The summed E-state index contributed by atoms with van der Waals surface area (Å²) in [6.45, 7) is 5.95. The number of piperidine rings is 1. The number of hydrazine groups is 1. The SMILES string of the molecule is CCN(NC(=O)C1CCN(c2ccccc2[N+](=O)[O-])CC1)c1ccc(C)cc1. The lowest BCUT2D eigenvalue weighted by atomic mass is 9.95. The van der Waals surface area contributed by atoms with Crippen LogP contribution >= 0.6 is 0 Å². The average molecular weight is 382 g/mol. The summed E-state index contributed by atoms with van der Waals surface area (Å²) in [4.78, 5) is 25.6. The molecule has 0 aromatic heterocycles. The number of amides is 1. The molecule has 2 aromatic rings. The topological polar surface area (TPSA) is 78.7 Å². The van der Waals surface area contributed by atoms with E-state index in [2.05, 4.69) is 5.43 Å². The molecule has 1 fully saturated rings. The third-order valence-electron chi connectivity index (χ3n) is 5.19. The van der Waals surface area contributed by atoms with Crippen molar-refractivity contribution in [3.8, 4) is 0 Å². The number of nitrogens with one attached hydrogen (secondary N) is 1. The van der Waals surface area contributed by atoms with Crippen LogP contribution in [0.3, 0.4) is 0 Å². The van der Waals surface area contributed by atoms with E-state index in [1.54, 1.807) is 12.1 Å². The first-order valence-electron chi connectivity index (χ1n) is 9.62. The lowest BCUT2D eigenvalue weighted by molar-refractivity contribution is -0.384. The number of carbonyl (C=O) groups is 1. The van der Waals surface area contributed by atoms with Crippen molar-refractivity contribution in [2.75, 3.05) is 29.5 Å². The van der Waals surface area contributed by atoms with Crippen molar-refractivity contribution < 1.29 is 9.72 Å². The van der Waals surface area contributed by atoms with Crippen molar-refractivity contribution in [3.05, 3.63) is 64.2 Å². The molecule has 1 saturated heterocycles. The van der Waals surface area contributed by atoms with E-state index in [-0.39, 0.29) is 22.4 Å². The summed E-state index contributed by atoms with van der Waals surface area (Å²) >= 11 is 0. The highest BCUT2D eigenvalue weighted by Crippen LogP contribution is 2.31. The minimum Gasteiger partial charge on any atom is -0.366 e. The molecule has 0 radical (unpaired) electrons. The predicted octanol–water partition coefficient (Wildman–Crippen LogP) is 3.68. The van der Waals surface area contributed by atoms with Gasteiger partial charge in [-0.25, -0.2) is 0 Å². The number of nitro groups is 1. The van der Waals surface area contributed by atoms with Crippen LogP contribution in [-0.4, -0.2) is 30.5 Å². The first-order valence-corrected chi connectivity index (χ1v) is 9.62. The Morgan fingerprint density at radius 2 is 1.82 bits per heavy atom. The molecule has 1 N–H and O–H groups in total. The van der Waals surface area contributed by atoms with E-state index in [0.717, 1.165) is 5.69 Å². The third-order valence-corrected chi connectivity index (χ3v) is 5.19. The fourth-order valence-corrected chi connectivity index (χ4v) is 3.54. The van der Waals surface area contributed by atoms with Gasteiger partial charge in [-0.2, -0.15) is 0 Å². The molecule has 3 rings (SSSR count). The Morgan fingerprint density at radius 1 is 1.18 bits per heavy atom. The zero-order chi connectivity index (χ0) is 20.1. The second-order valence-electron chi connectivity index (χ2n) is 7.06. The normalized spacial score (nSPS) is 14.6. The number of anilines is 2. The molecule has 1 aliphatic heterocycles. The Morgan fingerprint density at radius 3 is 2.43 bits per heavy atom. The fourth-order valence-electron chi connectivity index (χ4n) is 3.54. The van der Waals surface area contributed by atoms with Crippen molar-refractivity contribution in [2.45, 2.75) is 26.7 Å². The Labute approximate surface area is 165 Å². The molecule has 1 heterocycles. The number of rotatable bonds is 6. The summed E-state index contributed by atoms with van der Waals surface area (Å²) in [6, 6.07) is 14.8. The molecule has 148 valence electrons. The quantitative estimate of drug-likeness (QED) is 0.609. The van der Waals surface area contributed by atoms with Gasteiger partial charge in [-0.1, -0.05) is 29.8 Å². The summed E-state index contributed by atoms with van der Waals surface area (Å²) in [5, 5.41) is 13.1. The molecule has 0 aliphatic carbocycles. The lowest BCUT2D eigenvalue weighted by Crippen LogP contribution is -2.48. The van der Waals surface area contributed by atoms with Crippen molar-refractivity contribution in [2.24, 2.45) is 5.92 Å². The molecule has 7 nitrogen and oxygen atoms in total. The highest BCUT2D eigenvalue weighted by molar-refractivity contribution is 5.81. The van der Waals surface area contributed by atoms with Gasteiger partial charge in [-0.05, 0) is 44.9 Å². The number of hydrogen-bond acceptors (Lipinski definition) is 5. The maximum atomic E-state index is 12.7. The Hall–Kier alpha value is -3.09. The monoisotopic (exact) mass is 382 g/mol. The van der Waals surface area contributed by atoms with E-state index in [9.17, 15) is 14.9 Å². The molecule has 1 aliphatic rings. The number of aryl methyl sites for hydroxylation is 1.